The zero-order valence-electron chi connectivity index (χ0n) is 63.6. The van der Waals surface area contributed by atoms with Gasteiger partial charge in [-0.25, -0.2) is 14.0 Å². The van der Waals surface area contributed by atoms with E-state index in [0.717, 1.165) is 0 Å². The van der Waals surface area contributed by atoms with Gasteiger partial charge < -0.3 is 62.5 Å². The molecule has 0 radical (unpaired) electrons. The normalized spacial score (nSPS) is 13.8. The molecular weight excluding hydrogens is 1590 g/mol. The average molecular weight is 1680 g/mol. The van der Waals surface area contributed by atoms with Crippen LogP contribution in [0.4, 0.5) is 27.1 Å². The molecule has 598 valence electrons. The molecule has 3 amide bonds. The van der Waals surface area contributed by atoms with Crippen LogP contribution in [-0.2, 0) is 29.1 Å². The van der Waals surface area contributed by atoms with Crippen molar-refractivity contribution in [2.24, 2.45) is 0 Å². The van der Waals surface area contributed by atoms with Gasteiger partial charge in [-0.15, -0.1) is 0 Å². The van der Waals surface area contributed by atoms with E-state index in [1.165, 1.54) is 28.8 Å². The first kappa shape index (κ1) is 84.6. The molecule has 3 saturated heterocycles. The highest BCUT2D eigenvalue weighted by Crippen LogP contribution is 2.39. The second-order valence-corrected chi connectivity index (χ2v) is 30.1. The van der Waals surface area contributed by atoms with Gasteiger partial charge in [0.05, 0.1) is 69.8 Å². The number of ether oxygens (including phenoxy) is 3. The number of halogens is 7. The molecule has 0 bridgehead atoms. The van der Waals surface area contributed by atoms with E-state index >= 15 is 0 Å². The summed E-state index contributed by atoms with van der Waals surface area (Å²) in [6.45, 7) is 10.2. The first-order valence-electron chi connectivity index (χ1n) is 36.7. The Morgan fingerprint density at radius 2 is 0.816 bits per heavy atom. The topological polar surface area (TPSA) is 248 Å². The first-order chi connectivity index (χ1) is 54.6. The van der Waals surface area contributed by atoms with E-state index < -0.39 is 45.0 Å². The van der Waals surface area contributed by atoms with Crippen molar-refractivity contribution in [3.63, 3.8) is 0 Å². The molecule has 0 aliphatic carbocycles. The maximum Gasteiger partial charge on any atom is 0.357 e. The Balaban J connectivity index is 0.000000169. The lowest BCUT2D eigenvalue weighted by Crippen LogP contribution is -2.50. The molecule has 7 aromatic carbocycles. The second kappa shape index (κ2) is 37.8. The number of hydrogen-bond acceptors (Lipinski definition) is 18. The van der Waals surface area contributed by atoms with Gasteiger partial charge in [-0.2, -0.15) is 0 Å². The maximum absolute atomic E-state index is 13.8. The fraction of sp³-hybridized carbons (Fsp3) is 0.317. The molecule has 0 unspecified atom stereocenters. The Kier molecular flexibility index (Phi) is 28.0. The van der Waals surface area contributed by atoms with Crippen molar-refractivity contribution in [1.82, 2.24) is 38.2 Å². The monoisotopic (exact) mass is 1670 g/mol. The van der Waals surface area contributed by atoms with Gasteiger partial charge in [0, 0.05) is 158 Å². The van der Waals surface area contributed by atoms with E-state index in [4.69, 9.17) is 83.8 Å². The van der Waals surface area contributed by atoms with Crippen LogP contribution in [0.2, 0.25) is 30.1 Å². The maximum atomic E-state index is 13.8. The Morgan fingerprint density at radius 3 is 1.20 bits per heavy atom. The van der Waals surface area contributed by atoms with Gasteiger partial charge in [0.15, 0.2) is 0 Å². The van der Waals surface area contributed by atoms with Gasteiger partial charge in [0.1, 0.15) is 28.4 Å². The van der Waals surface area contributed by atoms with Crippen molar-refractivity contribution < 1.29 is 47.5 Å². The quantitative estimate of drug-likeness (QED) is 0.0391. The van der Waals surface area contributed by atoms with Gasteiger partial charge in [-0.1, -0.05) is 81.7 Å². The van der Waals surface area contributed by atoms with Crippen molar-refractivity contribution in [2.75, 3.05) is 155 Å². The van der Waals surface area contributed by atoms with Crippen LogP contribution in [0, 0.1) is 15.9 Å². The lowest BCUT2D eigenvalue weighted by atomic mass is 10.1. The Hall–Kier alpha value is -10.3. The third-order valence-corrected chi connectivity index (χ3v) is 21.5. The lowest BCUT2D eigenvalue weighted by molar-refractivity contribution is -0.385. The zero-order valence-corrected chi connectivity index (χ0v) is 68.1. The molecule has 0 N–H and O–H groups in total. The molecule has 0 atom stereocenters. The van der Waals surface area contributed by atoms with E-state index in [2.05, 4.69) is 0 Å². The van der Waals surface area contributed by atoms with E-state index in [9.17, 15) is 52.9 Å². The number of amides is 3. The number of piperazine rings is 3. The van der Waals surface area contributed by atoms with Gasteiger partial charge >= 0.3 is 23.2 Å². The fourth-order valence-corrected chi connectivity index (χ4v) is 15.0. The molecule has 0 saturated carbocycles. The third-order valence-electron chi connectivity index (χ3n) is 19.8. The third kappa shape index (κ3) is 19.2. The number of hydrogen-bond donors (Lipinski definition) is 0. The molecule has 25 nitrogen and oxygen atoms in total. The van der Waals surface area contributed by atoms with Gasteiger partial charge in [-0.3, -0.25) is 43.4 Å². The minimum absolute atomic E-state index is 0.00662. The number of methoxy groups -OCH3 is 1. The lowest BCUT2D eigenvalue weighted by Gasteiger charge is -2.37. The number of nitrogens with zero attached hydrogens (tertiary/aromatic N) is 12. The summed E-state index contributed by atoms with van der Waals surface area (Å²) < 4.78 is 33.8. The molecule has 3 fully saturated rings. The molecule has 6 heterocycles. The largest absolute Gasteiger partial charge is 0.497 e. The number of esters is 2. The van der Waals surface area contributed by atoms with Crippen LogP contribution in [0.1, 0.15) is 71.2 Å². The summed E-state index contributed by atoms with van der Waals surface area (Å²) in [5, 5.41) is 16.7. The van der Waals surface area contributed by atoms with Crippen LogP contribution in [0.15, 0.2) is 160 Å². The molecule has 3 aromatic heterocycles. The van der Waals surface area contributed by atoms with Crippen molar-refractivity contribution in [3.8, 4) is 5.75 Å². The molecule has 10 aromatic rings. The first-order valence-corrected chi connectivity index (χ1v) is 38.9. The summed E-state index contributed by atoms with van der Waals surface area (Å²) in [5.74, 6) is -1.54. The van der Waals surface area contributed by atoms with Gasteiger partial charge in [0.25, 0.3) is 28.8 Å². The van der Waals surface area contributed by atoms with Crippen molar-refractivity contribution in [3.05, 3.63) is 256 Å². The zero-order chi connectivity index (χ0) is 81.9. The predicted octanol–water partition coefficient (Wildman–Crippen LogP) is 13.4. The van der Waals surface area contributed by atoms with Crippen LogP contribution in [0.3, 0.4) is 0 Å². The van der Waals surface area contributed by atoms with Crippen molar-refractivity contribution in [2.45, 2.75) is 33.5 Å². The summed E-state index contributed by atoms with van der Waals surface area (Å²) in [6.07, 6.45) is 0. The number of carbonyl (C=O) groups is 5. The van der Waals surface area contributed by atoms with Crippen LogP contribution in [-0.4, -0.2) is 213 Å². The van der Waals surface area contributed by atoms with E-state index in [-0.39, 0.29) is 67.4 Å². The molecule has 32 heteroatoms. The summed E-state index contributed by atoms with van der Waals surface area (Å²) in [4.78, 5) is 133. The average Bonchev–Trinajstić information content (AvgIpc) is 0.753. The highest BCUT2D eigenvalue weighted by Gasteiger charge is 2.36. The number of fused-ring (bicyclic) bond motifs is 3. The van der Waals surface area contributed by atoms with Crippen LogP contribution in [0.25, 0.3) is 32.7 Å². The molecule has 13 rings (SSSR count). The summed E-state index contributed by atoms with van der Waals surface area (Å²) in [7, 11) is 9.24. The number of likely N-dealkylation sites (N-methyl/N-ethyl adjacent to an activating group) is 2. The van der Waals surface area contributed by atoms with Crippen LogP contribution >= 0.6 is 69.6 Å². The SMILES string of the molecule is CCOC(=O)c1c(N2CCN(C(=O)c3ccc(Cl)c(Cl)c3)CC2)c2cc(Cl)ccc2n(CCN(C)C)c1=O.CCOC(=O)c1c(N2CCN(C(=O)c3ccc(Cl)cc3)CC2)c2cc(Cl)ccc2n(CCN(C)C)c1=O.COc1ccc(C(=O)N2CCN(c3c([N+](=O)[O-])c(=O)n(Cc4ccc(F)cc4)c4ccc(Cl)cc34)CC2)cc1. The number of carbonyl (C=O) groups excluding carboxylic acids is 5. The predicted molar refractivity (Wildman–Crippen MR) is 446 cm³/mol. The number of anilines is 3. The minimum Gasteiger partial charge on any atom is -0.497 e. The number of aromatic nitrogens is 3. The summed E-state index contributed by atoms with van der Waals surface area (Å²) >= 11 is 37.2. The second-order valence-electron chi connectivity index (χ2n) is 27.6. The Morgan fingerprint density at radius 1 is 0.447 bits per heavy atom. The standard InChI is InChI=1S/C28H24ClFN4O5.C27H29Cl3N4O4.C27H30Cl2N4O4/c1-39-22-9-4-19(5-10-22)27(35)32-14-12-31(13-15-32)25-23-16-20(29)6-11-24(23)33(28(36)26(25)34(37)38)17-18-2-7-21(30)8-3-18;1-4-38-27(37)23-24(19-16-18(28)6-8-22(19)34(26(23)36)14-9-31(2)3)32-10-12-33(13-11-32)25(35)17-5-7-20(29)21(30)15-17;1-4-37-27(36)23-24(21-17-20(29)9-10-22(21)33(26(23)35)16-11-30(2)3)31-12-14-32(15-13-31)25(34)18-5-7-19(28)8-6-18/h2-11,16H,12-15,17H2,1H3;5-8,15-16H,4,9-14H2,1-3H3;5-10,17H,4,11-16H2,1-3H3. The van der Waals surface area contributed by atoms with E-state index in [1.54, 1.807) is 165 Å². The molecule has 0 spiro atoms. The Labute approximate surface area is 686 Å². The number of pyridine rings is 3. The van der Waals surface area contributed by atoms with Crippen molar-refractivity contribution >= 4 is 155 Å². The fourth-order valence-electron chi connectivity index (χ4n) is 14.0. The Bertz CT molecular complexity index is 5480. The smallest absolute Gasteiger partial charge is 0.357 e. The minimum atomic E-state index is -0.772. The molecule has 3 aliphatic rings. The number of rotatable bonds is 20. The highest BCUT2D eigenvalue weighted by molar-refractivity contribution is 6.42. The molecular formula is C82H83Cl6FN12O13. The van der Waals surface area contributed by atoms with Crippen LogP contribution in [0.5, 0.6) is 5.75 Å². The summed E-state index contributed by atoms with van der Waals surface area (Å²) in [5.41, 5.74) is 2.94. The van der Waals surface area contributed by atoms with Gasteiger partial charge in [0.2, 0.25) is 0 Å². The molecule has 114 heavy (non-hydrogen) atoms. The van der Waals surface area contributed by atoms with Gasteiger partial charge in [-0.05, 0) is 181 Å². The van der Waals surface area contributed by atoms with Crippen LogP contribution < -0.4 is 36.1 Å². The highest BCUT2D eigenvalue weighted by atomic mass is 35.5. The number of nitro groups is 1. The van der Waals surface area contributed by atoms with E-state index in [0.29, 0.717) is 194 Å². The van der Waals surface area contributed by atoms with Crippen molar-refractivity contribution in [1.29, 1.82) is 0 Å². The van der Waals surface area contributed by atoms with E-state index in [1.807, 2.05) is 53.9 Å². The number of benzene rings is 7. The molecule has 3 aliphatic heterocycles. The summed E-state index contributed by atoms with van der Waals surface area (Å²) in [6, 6.07) is 39.5.